The second-order valence-electron chi connectivity index (χ2n) is 5.16. The molecule has 0 aromatic heterocycles. The van der Waals surface area contributed by atoms with Gasteiger partial charge in [-0.15, -0.1) is 0 Å². The number of halogens is 4. The van der Waals surface area contributed by atoms with Gasteiger partial charge in [-0.1, -0.05) is 11.6 Å². The molecule has 0 spiro atoms. The van der Waals surface area contributed by atoms with Crippen molar-refractivity contribution in [2.24, 2.45) is 0 Å². The predicted molar refractivity (Wildman–Crippen MR) is 77.1 cm³/mol. The molecule has 1 aromatic carbocycles. The number of hydrogen-bond donors (Lipinski definition) is 1. The lowest BCUT2D eigenvalue weighted by molar-refractivity contribution is -0.147. The molecule has 1 aliphatic heterocycles. The molecule has 0 saturated carbocycles. The SMILES string of the molecule is COc1ccc(Cl)c(NC2CCN(CC(F)(F)F)CC2)c1. The summed E-state index contributed by atoms with van der Waals surface area (Å²) in [4.78, 5) is 1.44. The Bertz CT molecular complexity index is 474. The molecule has 1 heterocycles. The average Bonchev–Trinajstić information content (AvgIpc) is 2.42. The van der Waals surface area contributed by atoms with Gasteiger partial charge in [0.25, 0.3) is 0 Å². The summed E-state index contributed by atoms with van der Waals surface area (Å²) in [5, 5.41) is 3.86. The van der Waals surface area contributed by atoms with Gasteiger partial charge < -0.3 is 10.1 Å². The number of likely N-dealkylation sites (tertiary alicyclic amines) is 1. The number of benzene rings is 1. The molecule has 0 aliphatic carbocycles. The van der Waals surface area contributed by atoms with Crippen LogP contribution in [0.3, 0.4) is 0 Å². The average molecular weight is 323 g/mol. The third-order valence-corrected chi connectivity index (χ3v) is 3.85. The summed E-state index contributed by atoms with van der Waals surface area (Å²) in [6.07, 6.45) is -2.82. The quantitative estimate of drug-likeness (QED) is 0.913. The lowest BCUT2D eigenvalue weighted by atomic mass is 10.0. The number of methoxy groups -OCH3 is 1. The van der Waals surface area contributed by atoms with Gasteiger partial charge in [-0.25, -0.2) is 0 Å². The molecule has 0 atom stereocenters. The lowest BCUT2D eigenvalue weighted by Crippen LogP contribution is -2.43. The van der Waals surface area contributed by atoms with E-state index >= 15 is 0 Å². The highest BCUT2D eigenvalue weighted by atomic mass is 35.5. The molecule has 0 unspecified atom stereocenters. The van der Waals surface area contributed by atoms with Crippen LogP contribution in [0.5, 0.6) is 5.75 Å². The molecule has 1 N–H and O–H groups in total. The fourth-order valence-corrected chi connectivity index (χ4v) is 2.62. The molecule has 7 heteroatoms. The van der Waals surface area contributed by atoms with Crippen molar-refractivity contribution in [2.75, 3.05) is 32.1 Å². The van der Waals surface area contributed by atoms with Gasteiger partial charge in [-0.2, -0.15) is 13.2 Å². The number of nitrogens with one attached hydrogen (secondary N) is 1. The van der Waals surface area contributed by atoms with E-state index in [1.807, 2.05) is 0 Å². The molecular formula is C14H18ClF3N2O. The fraction of sp³-hybridized carbons (Fsp3) is 0.571. The number of nitrogens with zero attached hydrogens (tertiary/aromatic N) is 1. The summed E-state index contributed by atoms with van der Waals surface area (Å²) in [5.74, 6) is 0.691. The van der Waals surface area contributed by atoms with Crippen LogP contribution in [-0.2, 0) is 0 Å². The second-order valence-corrected chi connectivity index (χ2v) is 5.56. The predicted octanol–water partition coefficient (Wildman–Crippen LogP) is 3.79. The van der Waals surface area contributed by atoms with Crippen molar-refractivity contribution in [3.8, 4) is 5.75 Å². The van der Waals surface area contributed by atoms with Crippen LogP contribution in [0, 0.1) is 0 Å². The number of anilines is 1. The Balaban J connectivity index is 1.89. The lowest BCUT2D eigenvalue weighted by Gasteiger charge is -2.33. The van der Waals surface area contributed by atoms with Crippen molar-refractivity contribution in [1.29, 1.82) is 0 Å². The smallest absolute Gasteiger partial charge is 0.401 e. The van der Waals surface area contributed by atoms with E-state index in [1.54, 1.807) is 25.3 Å². The minimum absolute atomic E-state index is 0.124. The van der Waals surface area contributed by atoms with Gasteiger partial charge in [0.15, 0.2) is 0 Å². The monoisotopic (exact) mass is 322 g/mol. The van der Waals surface area contributed by atoms with Gasteiger partial charge in [0.1, 0.15) is 5.75 Å². The van der Waals surface area contributed by atoms with E-state index in [2.05, 4.69) is 5.32 Å². The van der Waals surface area contributed by atoms with Crippen molar-refractivity contribution in [3.63, 3.8) is 0 Å². The maximum atomic E-state index is 12.3. The van der Waals surface area contributed by atoms with Crippen molar-refractivity contribution in [1.82, 2.24) is 4.90 Å². The van der Waals surface area contributed by atoms with Crippen LogP contribution in [0.15, 0.2) is 18.2 Å². The van der Waals surface area contributed by atoms with Crippen LogP contribution >= 0.6 is 11.6 Å². The number of rotatable bonds is 4. The van der Waals surface area contributed by atoms with E-state index in [1.165, 1.54) is 4.90 Å². The second kappa shape index (κ2) is 6.75. The van der Waals surface area contributed by atoms with Gasteiger partial charge >= 0.3 is 6.18 Å². The van der Waals surface area contributed by atoms with Crippen molar-refractivity contribution >= 4 is 17.3 Å². The van der Waals surface area contributed by atoms with Crippen LogP contribution in [0.25, 0.3) is 0 Å². The number of ether oxygens (including phenoxy) is 1. The molecular weight excluding hydrogens is 305 g/mol. The first-order valence-corrected chi connectivity index (χ1v) is 7.14. The molecule has 118 valence electrons. The molecule has 1 saturated heterocycles. The molecule has 1 aliphatic rings. The first-order valence-electron chi connectivity index (χ1n) is 6.76. The Morgan fingerprint density at radius 3 is 2.57 bits per heavy atom. The molecule has 0 radical (unpaired) electrons. The van der Waals surface area contributed by atoms with Crippen LogP contribution < -0.4 is 10.1 Å². The number of alkyl halides is 3. The Morgan fingerprint density at radius 2 is 2.00 bits per heavy atom. The normalized spacial score (nSPS) is 17.8. The minimum atomic E-state index is -4.13. The maximum Gasteiger partial charge on any atom is 0.401 e. The van der Waals surface area contributed by atoms with Gasteiger partial charge in [0.2, 0.25) is 0 Å². The first-order chi connectivity index (χ1) is 9.87. The summed E-state index contributed by atoms with van der Waals surface area (Å²) < 4.78 is 42.1. The van der Waals surface area contributed by atoms with Gasteiger partial charge in [0.05, 0.1) is 24.4 Å². The zero-order valence-electron chi connectivity index (χ0n) is 11.7. The molecule has 3 nitrogen and oxygen atoms in total. The molecule has 0 bridgehead atoms. The van der Waals surface area contributed by atoms with E-state index in [9.17, 15) is 13.2 Å². The van der Waals surface area contributed by atoms with E-state index < -0.39 is 12.7 Å². The summed E-state index contributed by atoms with van der Waals surface area (Å²) in [5.41, 5.74) is 0.755. The third-order valence-electron chi connectivity index (χ3n) is 3.52. The van der Waals surface area contributed by atoms with Crippen LogP contribution in [-0.4, -0.2) is 43.9 Å². The summed E-state index contributed by atoms with van der Waals surface area (Å²) in [7, 11) is 1.57. The van der Waals surface area contributed by atoms with E-state index in [0.29, 0.717) is 36.7 Å². The number of piperidine rings is 1. The highest BCUT2D eigenvalue weighted by Gasteiger charge is 2.32. The fourth-order valence-electron chi connectivity index (χ4n) is 2.45. The zero-order chi connectivity index (χ0) is 15.5. The van der Waals surface area contributed by atoms with Crippen molar-refractivity contribution in [2.45, 2.75) is 25.1 Å². The standard InChI is InChI=1S/C14H18ClF3N2O/c1-21-11-2-3-12(15)13(8-11)19-10-4-6-20(7-5-10)9-14(16,17)18/h2-3,8,10,19H,4-7,9H2,1H3. The zero-order valence-corrected chi connectivity index (χ0v) is 12.5. The molecule has 2 rings (SSSR count). The van der Waals surface area contributed by atoms with Gasteiger partial charge in [-0.05, 0) is 25.0 Å². The molecule has 1 aromatic rings. The molecule has 0 amide bonds. The van der Waals surface area contributed by atoms with Gasteiger partial charge in [-0.3, -0.25) is 4.90 Å². The first kappa shape index (κ1) is 16.2. The van der Waals surface area contributed by atoms with Crippen LogP contribution in [0.2, 0.25) is 5.02 Å². The topological polar surface area (TPSA) is 24.5 Å². The maximum absolute atomic E-state index is 12.3. The summed E-state index contributed by atoms with van der Waals surface area (Å²) in [6.45, 7) is 0.0250. The Kier molecular flexibility index (Phi) is 5.22. The minimum Gasteiger partial charge on any atom is -0.497 e. The van der Waals surface area contributed by atoms with Crippen LogP contribution in [0.4, 0.5) is 18.9 Å². The highest BCUT2D eigenvalue weighted by molar-refractivity contribution is 6.33. The van der Waals surface area contributed by atoms with Crippen molar-refractivity contribution < 1.29 is 17.9 Å². The Hall–Kier alpha value is -1.14. The van der Waals surface area contributed by atoms with Crippen molar-refractivity contribution in [3.05, 3.63) is 23.2 Å². The molecule has 1 fully saturated rings. The highest BCUT2D eigenvalue weighted by Crippen LogP contribution is 2.29. The third kappa shape index (κ3) is 4.97. The van der Waals surface area contributed by atoms with E-state index in [-0.39, 0.29) is 6.04 Å². The Labute approximate surface area is 127 Å². The largest absolute Gasteiger partial charge is 0.497 e. The summed E-state index contributed by atoms with van der Waals surface area (Å²) in [6, 6.07) is 5.42. The number of hydrogen-bond acceptors (Lipinski definition) is 3. The summed E-state index contributed by atoms with van der Waals surface area (Å²) >= 11 is 6.11. The molecule has 21 heavy (non-hydrogen) atoms. The van der Waals surface area contributed by atoms with Crippen LogP contribution in [0.1, 0.15) is 12.8 Å². The van der Waals surface area contributed by atoms with E-state index in [4.69, 9.17) is 16.3 Å². The Morgan fingerprint density at radius 1 is 1.33 bits per heavy atom. The van der Waals surface area contributed by atoms with E-state index in [0.717, 1.165) is 5.69 Å². The van der Waals surface area contributed by atoms with Gasteiger partial charge in [0, 0.05) is 25.2 Å².